The number of esters is 1. The second-order valence-corrected chi connectivity index (χ2v) is 3.87. The summed E-state index contributed by atoms with van der Waals surface area (Å²) in [6.07, 6.45) is -1.13. The van der Waals surface area contributed by atoms with Crippen LogP contribution in [0.2, 0.25) is 0 Å². The smallest absolute Gasteiger partial charge is 0.377 e. The molecule has 2 N–H and O–H groups in total. The van der Waals surface area contributed by atoms with Crippen LogP contribution in [0.3, 0.4) is 0 Å². The lowest BCUT2D eigenvalue weighted by Gasteiger charge is -2.14. The quantitative estimate of drug-likeness (QED) is 0.431. The van der Waals surface area contributed by atoms with Gasteiger partial charge in [0.2, 0.25) is 5.76 Å². The molecular weight excluding hydrogens is 264 g/mol. The first kappa shape index (κ1) is 16.0. The van der Waals surface area contributed by atoms with Crippen molar-refractivity contribution in [3.63, 3.8) is 0 Å². The number of hydrogen-bond donors (Lipinski definition) is 2. The lowest BCUT2D eigenvalue weighted by Crippen LogP contribution is -2.23. The Kier molecular flexibility index (Phi) is 6.55. The Morgan fingerprint density at radius 1 is 1.20 bits per heavy atom. The molecule has 1 aromatic carbocycles. The van der Waals surface area contributed by atoms with Crippen LogP contribution in [0, 0.1) is 0 Å². The molecule has 0 heterocycles. The fourth-order valence-electron chi connectivity index (χ4n) is 1.49. The molecule has 0 fully saturated rings. The summed E-state index contributed by atoms with van der Waals surface area (Å²) in [5.74, 6) is -0.652. The summed E-state index contributed by atoms with van der Waals surface area (Å²) in [6, 6.07) is 8.94. The largest absolute Gasteiger partial charge is 0.492 e. The SMILES string of the molecule is COC(C(=O)OCC(O)CO)=C(OC)c1ccccc1. The topological polar surface area (TPSA) is 85.2 Å². The van der Waals surface area contributed by atoms with Crippen LogP contribution in [0.25, 0.3) is 5.76 Å². The predicted octanol–water partition coefficient (Wildman–Crippen LogP) is 0.544. The van der Waals surface area contributed by atoms with E-state index in [9.17, 15) is 4.79 Å². The van der Waals surface area contributed by atoms with Gasteiger partial charge in [0, 0.05) is 5.56 Å². The van der Waals surface area contributed by atoms with Crippen molar-refractivity contribution in [2.45, 2.75) is 6.10 Å². The van der Waals surface area contributed by atoms with Crippen LogP contribution in [-0.2, 0) is 19.0 Å². The van der Waals surface area contributed by atoms with E-state index in [1.54, 1.807) is 24.3 Å². The van der Waals surface area contributed by atoms with Crippen molar-refractivity contribution in [3.8, 4) is 0 Å². The Morgan fingerprint density at radius 3 is 2.35 bits per heavy atom. The summed E-state index contributed by atoms with van der Waals surface area (Å²) in [5.41, 5.74) is 0.659. The van der Waals surface area contributed by atoms with Crippen molar-refractivity contribution in [2.75, 3.05) is 27.4 Å². The maximum Gasteiger partial charge on any atom is 0.377 e. The first-order chi connectivity index (χ1) is 9.63. The number of methoxy groups -OCH3 is 2. The summed E-state index contributed by atoms with van der Waals surface area (Å²) in [7, 11) is 2.73. The number of ether oxygens (including phenoxy) is 3. The van der Waals surface area contributed by atoms with Gasteiger partial charge < -0.3 is 24.4 Å². The fourth-order valence-corrected chi connectivity index (χ4v) is 1.49. The van der Waals surface area contributed by atoms with Gasteiger partial charge in [0.05, 0.1) is 20.8 Å². The third-order valence-electron chi connectivity index (χ3n) is 2.45. The number of rotatable bonds is 7. The normalized spacial score (nSPS) is 13.2. The van der Waals surface area contributed by atoms with Gasteiger partial charge in [-0.25, -0.2) is 4.79 Å². The van der Waals surface area contributed by atoms with Crippen LogP contribution in [0.1, 0.15) is 5.56 Å². The predicted molar refractivity (Wildman–Crippen MR) is 71.4 cm³/mol. The molecule has 110 valence electrons. The average molecular weight is 282 g/mol. The molecule has 20 heavy (non-hydrogen) atoms. The van der Waals surface area contributed by atoms with Crippen LogP contribution >= 0.6 is 0 Å². The summed E-state index contributed by atoms with van der Waals surface area (Å²) in [5, 5.41) is 17.8. The second-order valence-electron chi connectivity index (χ2n) is 3.87. The molecule has 0 bridgehead atoms. The first-order valence-corrected chi connectivity index (χ1v) is 5.97. The molecule has 0 spiro atoms. The minimum absolute atomic E-state index is 0.108. The van der Waals surface area contributed by atoms with Crippen LogP contribution < -0.4 is 0 Å². The van der Waals surface area contributed by atoms with Crippen LogP contribution in [0.5, 0.6) is 0 Å². The number of hydrogen-bond acceptors (Lipinski definition) is 6. The minimum Gasteiger partial charge on any atom is -0.492 e. The summed E-state index contributed by atoms with van der Waals surface area (Å²) >= 11 is 0. The van der Waals surface area contributed by atoms with Crippen molar-refractivity contribution < 1.29 is 29.2 Å². The van der Waals surface area contributed by atoms with Gasteiger partial charge in [-0.15, -0.1) is 0 Å². The Hall–Kier alpha value is -2.05. The van der Waals surface area contributed by atoms with E-state index in [4.69, 9.17) is 24.4 Å². The number of carbonyl (C=O) groups excluding carboxylic acids is 1. The third-order valence-corrected chi connectivity index (χ3v) is 2.45. The fraction of sp³-hybridized carbons (Fsp3) is 0.357. The molecule has 0 aromatic heterocycles. The monoisotopic (exact) mass is 282 g/mol. The maximum absolute atomic E-state index is 11.9. The van der Waals surface area contributed by atoms with Crippen molar-refractivity contribution in [1.82, 2.24) is 0 Å². The molecule has 0 aliphatic rings. The van der Waals surface area contributed by atoms with Gasteiger partial charge in [0.25, 0.3) is 0 Å². The number of aliphatic hydroxyl groups is 2. The van der Waals surface area contributed by atoms with E-state index in [1.165, 1.54) is 14.2 Å². The zero-order valence-corrected chi connectivity index (χ0v) is 11.4. The molecule has 1 aromatic rings. The molecule has 0 amide bonds. The van der Waals surface area contributed by atoms with E-state index in [1.807, 2.05) is 6.07 Å². The van der Waals surface area contributed by atoms with Crippen LogP contribution in [0.15, 0.2) is 36.1 Å². The van der Waals surface area contributed by atoms with Crippen molar-refractivity contribution in [3.05, 3.63) is 41.7 Å². The molecule has 0 saturated carbocycles. The van der Waals surface area contributed by atoms with E-state index in [2.05, 4.69) is 0 Å². The maximum atomic E-state index is 11.9. The highest BCUT2D eigenvalue weighted by Crippen LogP contribution is 2.20. The lowest BCUT2D eigenvalue weighted by atomic mass is 10.1. The van der Waals surface area contributed by atoms with Crippen LogP contribution in [0.4, 0.5) is 0 Å². The molecule has 0 aliphatic carbocycles. The third kappa shape index (κ3) is 4.25. The highest BCUT2D eigenvalue weighted by molar-refractivity contribution is 5.94. The lowest BCUT2D eigenvalue weighted by molar-refractivity contribution is -0.146. The van der Waals surface area contributed by atoms with Crippen molar-refractivity contribution in [2.24, 2.45) is 0 Å². The first-order valence-electron chi connectivity index (χ1n) is 5.97. The minimum atomic E-state index is -1.13. The summed E-state index contributed by atoms with van der Waals surface area (Å²) in [6.45, 7) is -0.816. The van der Waals surface area contributed by atoms with Gasteiger partial charge in [0.15, 0.2) is 5.76 Å². The highest BCUT2D eigenvalue weighted by Gasteiger charge is 2.21. The van der Waals surface area contributed by atoms with Gasteiger partial charge in [-0.1, -0.05) is 30.3 Å². The number of aliphatic hydroxyl groups excluding tert-OH is 2. The van der Waals surface area contributed by atoms with E-state index < -0.39 is 18.7 Å². The Labute approximate surface area is 117 Å². The Morgan fingerprint density at radius 2 is 1.85 bits per heavy atom. The van der Waals surface area contributed by atoms with Crippen molar-refractivity contribution >= 4 is 11.7 Å². The van der Waals surface area contributed by atoms with Gasteiger partial charge in [0.1, 0.15) is 12.7 Å². The van der Waals surface area contributed by atoms with E-state index in [-0.39, 0.29) is 18.1 Å². The van der Waals surface area contributed by atoms with E-state index in [0.29, 0.717) is 5.56 Å². The summed E-state index contributed by atoms with van der Waals surface area (Å²) < 4.78 is 15.0. The number of benzene rings is 1. The zero-order valence-electron chi connectivity index (χ0n) is 11.4. The molecule has 1 rings (SSSR count). The second kappa shape index (κ2) is 8.19. The Balaban J connectivity index is 2.95. The van der Waals surface area contributed by atoms with E-state index >= 15 is 0 Å². The van der Waals surface area contributed by atoms with E-state index in [0.717, 1.165) is 0 Å². The van der Waals surface area contributed by atoms with Gasteiger partial charge in [-0.05, 0) is 0 Å². The molecular formula is C14H18O6. The molecule has 6 heteroatoms. The zero-order chi connectivity index (χ0) is 15.0. The molecule has 1 atom stereocenters. The molecule has 0 saturated heterocycles. The van der Waals surface area contributed by atoms with Crippen molar-refractivity contribution in [1.29, 1.82) is 0 Å². The standard InChI is InChI=1S/C14H18O6/c1-18-12(10-6-4-3-5-7-10)13(19-2)14(17)20-9-11(16)8-15/h3-7,11,15-16H,8-9H2,1-2H3. The van der Waals surface area contributed by atoms with Gasteiger partial charge >= 0.3 is 5.97 Å². The van der Waals surface area contributed by atoms with Crippen LogP contribution in [-0.4, -0.2) is 49.7 Å². The molecule has 6 nitrogen and oxygen atoms in total. The van der Waals surface area contributed by atoms with Gasteiger partial charge in [-0.2, -0.15) is 0 Å². The highest BCUT2D eigenvalue weighted by atomic mass is 16.6. The molecule has 1 unspecified atom stereocenters. The summed E-state index contributed by atoms with van der Waals surface area (Å²) in [4.78, 5) is 11.9. The molecule has 0 aliphatic heterocycles. The molecule has 0 radical (unpaired) electrons. The number of carbonyl (C=O) groups is 1. The average Bonchev–Trinajstić information content (AvgIpc) is 2.50. The van der Waals surface area contributed by atoms with Gasteiger partial charge in [-0.3, -0.25) is 0 Å². The Bertz CT molecular complexity index is 454.